The van der Waals surface area contributed by atoms with Crippen LogP contribution >= 0.6 is 12.6 Å². The van der Waals surface area contributed by atoms with Crippen LogP contribution in [0.25, 0.3) is 0 Å². The van der Waals surface area contributed by atoms with Crippen molar-refractivity contribution in [1.29, 1.82) is 0 Å². The van der Waals surface area contributed by atoms with Crippen molar-refractivity contribution in [3.63, 3.8) is 0 Å². The second kappa shape index (κ2) is 14.2. The van der Waals surface area contributed by atoms with Crippen LogP contribution < -0.4 is 0 Å². The molecule has 19 heavy (non-hydrogen) atoms. The Morgan fingerprint density at radius 1 is 0.895 bits per heavy atom. The Morgan fingerprint density at radius 2 is 1.42 bits per heavy atom. The molecule has 0 heterocycles. The van der Waals surface area contributed by atoms with E-state index >= 15 is 0 Å². The fourth-order valence-corrected chi connectivity index (χ4v) is 2.38. The van der Waals surface area contributed by atoms with Gasteiger partial charge in [0.2, 0.25) is 5.91 Å². The summed E-state index contributed by atoms with van der Waals surface area (Å²) in [6, 6.07) is 0. The standard InChI is InChI=1S/C16H33NOS/c1-3-4-14-17(2)16(18)13-11-9-7-5-6-8-10-12-15-19/h19H,3-15H2,1-2H3. The maximum absolute atomic E-state index is 11.8. The van der Waals surface area contributed by atoms with Crippen molar-refractivity contribution in [2.45, 2.75) is 77.6 Å². The highest BCUT2D eigenvalue weighted by Crippen LogP contribution is 2.10. The summed E-state index contributed by atoms with van der Waals surface area (Å²) >= 11 is 4.21. The third kappa shape index (κ3) is 12.6. The van der Waals surface area contributed by atoms with E-state index in [1.165, 1.54) is 44.9 Å². The van der Waals surface area contributed by atoms with Gasteiger partial charge in [-0.25, -0.2) is 0 Å². The van der Waals surface area contributed by atoms with Crippen LogP contribution in [0.2, 0.25) is 0 Å². The molecule has 0 unspecified atom stereocenters. The van der Waals surface area contributed by atoms with Gasteiger partial charge in [-0.1, -0.05) is 51.9 Å². The molecule has 0 aliphatic heterocycles. The Hall–Kier alpha value is -0.180. The summed E-state index contributed by atoms with van der Waals surface area (Å²) in [5.41, 5.74) is 0. The molecule has 114 valence electrons. The van der Waals surface area contributed by atoms with Gasteiger partial charge >= 0.3 is 0 Å². The lowest BCUT2D eigenvalue weighted by Gasteiger charge is -2.16. The van der Waals surface area contributed by atoms with Gasteiger partial charge in [0.15, 0.2) is 0 Å². The van der Waals surface area contributed by atoms with Gasteiger partial charge in [-0.15, -0.1) is 0 Å². The number of nitrogens with zero attached hydrogens (tertiary/aromatic N) is 1. The highest BCUT2D eigenvalue weighted by Gasteiger charge is 2.06. The Bertz CT molecular complexity index is 209. The average Bonchev–Trinajstić information content (AvgIpc) is 2.42. The van der Waals surface area contributed by atoms with Crippen LogP contribution in [0, 0.1) is 0 Å². The number of carbonyl (C=O) groups is 1. The van der Waals surface area contributed by atoms with Gasteiger partial charge in [-0.05, 0) is 25.0 Å². The first-order valence-electron chi connectivity index (χ1n) is 8.07. The molecule has 2 nitrogen and oxygen atoms in total. The molecular formula is C16H33NOS. The topological polar surface area (TPSA) is 20.3 Å². The summed E-state index contributed by atoms with van der Waals surface area (Å²) in [4.78, 5) is 13.7. The predicted molar refractivity (Wildman–Crippen MR) is 88.0 cm³/mol. The molecule has 0 radical (unpaired) electrons. The first kappa shape index (κ1) is 18.8. The number of amides is 1. The van der Waals surface area contributed by atoms with Crippen LogP contribution in [0.1, 0.15) is 77.6 Å². The molecule has 0 saturated carbocycles. The van der Waals surface area contributed by atoms with Crippen molar-refractivity contribution in [3.8, 4) is 0 Å². The molecule has 0 aliphatic carbocycles. The number of carbonyl (C=O) groups excluding carboxylic acids is 1. The van der Waals surface area contributed by atoms with Crippen molar-refractivity contribution in [1.82, 2.24) is 4.90 Å². The second-order valence-corrected chi connectivity index (χ2v) is 5.92. The molecule has 0 saturated heterocycles. The lowest BCUT2D eigenvalue weighted by atomic mass is 10.1. The van der Waals surface area contributed by atoms with E-state index in [4.69, 9.17) is 0 Å². The van der Waals surface area contributed by atoms with E-state index in [0.717, 1.165) is 38.0 Å². The van der Waals surface area contributed by atoms with E-state index < -0.39 is 0 Å². The molecule has 0 aromatic rings. The Morgan fingerprint density at radius 3 is 1.95 bits per heavy atom. The molecule has 0 atom stereocenters. The molecule has 3 heteroatoms. The zero-order chi connectivity index (χ0) is 14.3. The predicted octanol–water partition coefficient (Wildman–Crippen LogP) is 4.69. The minimum Gasteiger partial charge on any atom is -0.346 e. The van der Waals surface area contributed by atoms with Crippen LogP contribution in [-0.2, 0) is 4.79 Å². The molecular weight excluding hydrogens is 254 g/mol. The lowest BCUT2D eigenvalue weighted by Crippen LogP contribution is -2.27. The maximum atomic E-state index is 11.8. The molecule has 0 spiro atoms. The zero-order valence-corrected chi connectivity index (χ0v) is 13.9. The van der Waals surface area contributed by atoms with E-state index in [9.17, 15) is 4.79 Å². The molecule has 0 bridgehead atoms. The molecule has 1 amide bonds. The van der Waals surface area contributed by atoms with E-state index in [1.807, 2.05) is 11.9 Å². The number of hydrogen-bond donors (Lipinski definition) is 1. The molecule has 0 aromatic heterocycles. The summed E-state index contributed by atoms with van der Waals surface area (Å²) in [6.45, 7) is 3.08. The minimum absolute atomic E-state index is 0.322. The fraction of sp³-hybridized carbons (Fsp3) is 0.938. The molecule has 0 N–H and O–H groups in total. The SMILES string of the molecule is CCCCN(C)C(=O)CCCCCCCCCCS. The van der Waals surface area contributed by atoms with Gasteiger partial charge in [0.25, 0.3) is 0 Å². The van der Waals surface area contributed by atoms with E-state index in [-0.39, 0.29) is 0 Å². The lowest BCUT2D eigenvalue weighted by molar-refractivity contribution is -0.130. The smallest absolute Gasteiger partial charge is 0.222 e. The first-order valence-corrected chi connectivity index (χ1v) is 8.70. The maximum Gasteiger partial charge on any atom is 0.222 e. The Labute approximate surface area is 125 Å². The summed E-state index contributed by atoms with van der Waals surface area (Å²) in [6.07, 6.45) is 13.2. The first-order chi connectivity index (χ1) is 9.22. The molecule has 0 aromatic carbocycles. The van der Waals surface area contributed by atoms with Crippen LogP contribution in [0.5, 0.6) is 0 Å². The van der Waals surface area contributed by atoms with E-state index in [1.54, 1.807) is 0 Å². The quantitative estimate of drug-likeness (QED) is 0.385. The van der Waals surface area contributed by atoms with Gasteiger partial charge in [0.1, 0.15) is 0 Å². The summed E-state index contributed by atoms with van der Waals surface area (Å²) < 4.78 is 0. The molecule has 0 rings (SSSR count). The van der Waals surface area contributed by atoms with E-state index in [2.05, 4.69) is 19.6 Å². The largest absolute Gasteiger partial charge is 0.346 e. The van der Waals surface area contributed by atoms with Crippen LogP contribution in [0.3, 0.4) is 0 Å². The van der Waals surface area contributed by atoms with Crippen molar-refractivity contribution < 1.29 is 4.79 Å². The van der Waals surface area contributed by atoms with Gasteiger partial charge < -0.3 is 4.90 Å². The van der Waals surface area contributed by atoms with Crippen molar-refractivity contribution in [2.75, 3.05) is 19.3 Å². The van der Waals surface area contributed by atoms with Crippen LogP contribution in [-0.4, -0.2) is 30.2 Å². The third-order valence-corrected chi connectivity index (χ3v) is 3.89. The van der Waals surface area contributed by atoms with Gasteiger partial charge in [-0.3, -0.25) is 4.79 Å². The van der Waals surface area contributed by atoms with Crippen molar-refractivity contribution >= 4 is 18.5 Å². The van der Waals surface area contributed by atoms with Crippen LogP contribution in [0.4, 0.5) is 0 Å². The number of thiol groups is 1. The fourth-order valence-electron chi connectivity index (χ4n) is 2.16. The highest BCUT2D eigenvalue weighted by molar-refractivity contribution is 7.80. The highest BCUT2D eigenvalue weighted by atomic mass is 32.1. The van der Waals surface area contributed by atoms with Crippen LogP contribution in [0.15, 0.2) is 0 Å². The Kier molecular flexibility index (Phi) is 14.1. The van der Waals surface area contributed by atoms with Gasteiger partial charge in [0.05, 0.1) is 0 Å². The van der Waals surface area contributed by atoms with E-state index in [0.29, 0.717) is 5.91 Å². The molecule has 0 aliphatic rings. The summed E-state index contributed by atoms with van der Waals surface area (Å²) in [5, 5.41) is 0. The monoisotopic (exact) mass is 287 g/mol. The number of rotatable bonds is 13. The van der Waals surface area contributed by atoms with Gasteiger partial charge in [-0.2, -0.15) is 12.6 Å². The summed E-state index contributed by atoms with van der Waals surface area (Å²) in [5.74, 6) is 1.34. The Balaban J connectivity index is 3.27. The van der Waals surface area contributed by atoms with Crippen molar-refractivity contribution in [2.24, 2.45) is 0 Å². The second-order valence-electron chi connectivity index (χ2n) is 5.47. The van der Waals surface area contributed by atoms with Gasteiger partial charge in [0, 0.05) is 20.0 Å². The molecule has 0 fully saturated rings. The third-order valence-electron chi connectivity index (χ3n) is 3.57. The minimum atomic E-state index is 0.322. The number of unbranched alkanes of at least 4 members (excludes halogenated alkanes) is 8. The number of hydrogen-bond acceptors (Lipinski definition) is 2. The zero-order valence-electron chi connectivity index (χ0n) is 13.0. The van der Waals surface area contributed by atoms with Crippen molar-refractivity contribution in [3.05, 3.63) is 0 Å². The summed E-state index contributed by atoms with van der Waals surface area (Å²) in [7, 11) is 1.93. The average molecular weight is 288 g/mol. The normalized spacial score (nSPS) is 10.7.